The lowest BCUT2D eigenvalue weighted by atomic mass is 10.3. The second-order valence-corrected chi connectivity index (χ2v) is 5.51. The Labute approximate surface area is 143 Å². The van der Waals surface area contributed by atoms with E-state index in [0.29, 0.717) is 27.3 Å². The molecular formula is C18H12Cl2O3. The van der Waals surface area contributed by atoms with Gasteiger partial charge in [-0.25, -0.2) is 0 Å². The average molecular weight is 347 g/mol. The van der Waals surface area contributed by atoms with Crippen LogP contribution < -0.4 is 9.47 Å². The first-order valence-corrected chi connectivity index (χ1v) is 7.57. The second-order valence-electron chi connectivity index (χ2n) is 4.69. The number of hydrogen-bond acceptors (Lipinski definition) is 3. The number of para-hydroxylation sites is 2. The zero-order valence-electron chi connectivity index (χ0n) is 11.9. The van der Waals surface area contributed by atoms with Crippen molar-refractivity contribution in [3.63, 3.8) is 0 Å². The van der Waals surface area contributed by atoms with Crippen LogP contribution in [0.1, 0.15) is 0 Å². The molecule has 0 fully saturated rings. The van der Waals surface area contributed by atoms with Gasteiger partial charge in [0.15, 0.2) is 11.5 Å². The van der Waals surface area contributed by atoms with Crippen molar-refractivity contribution in [2.45, 2.75) is 0 Å². The highest BCUT2D eigenvalue weighted by Gasteiger charge is 2.09. The summed E-state index contributed by atoms with van der Waals surface area (Å²) < 4.78 is 11.3. The van der Waals surface area contributed by atoms with Crippen molar-refractivity contribution < 1.29 is 14.6 Å². The molecule has 0 heterocycles. The summed E-state index contributed by atoms with van der Waals surface area (Å²) in [6, 6.07) is 18.9. The monoisotopic (exact) mass is 346 g/mol. The normalized spacial score (nSPS) is 10.3. The predicted octanol–water partition coefficient (Wildman–Crippen LogP) is 6.28. The van der Waals surface area contributed by atoms with E-state index in [1.165, 1.54) is 6.07 Å². The van der Waals surface area contributed by atoms with Gasteiger partial charge in [0.05, 0.1) is 10.0 Å². The number of aromatic hydroxyl groups is 1. The van der Waals surface area contributed by atoms with Crippen LogP contribution >= 0.6 is 23.2 Å². The molecule has 0 radical (unpaired) electrons. The maximum atomic E-state index is 10.1. The number of phenols is 1. The largest absolute Gasteiger partial charge is 0.504 e. The standard InChI is InChI=1S/C18H12Cl2O3/c19-13-5-1-3-7-16(13)22-12-9-10-18(15(21)11-12)23-17-8-4-2-6-14(17)20/h1-11,21H. The summed E-state index contributed by atoms with van der Waals surface area (Å²) in [5.74, 6) is 1.64. The molecule has 0 amide bonds. The summed E-state index contributed by atoms with van der Waals surface area (Å²) >= 11 is 12.1. The van der Waals surface area contributed by atoms with Crippen molar-refractivity contribution in [1.82, 2.24) is 0 Å². The molecule has 3 aromatic rings. The average Bonchev–Trinajstić information content (AvgIpc) is 2.54. The molecule has 0 spiro atoms. The topological polar surface area (TPSA) is 38.7 Å². The molecule has 0 aliphatic carbocycles. The van der Waals surface area contributed by atoms with Gasteiger partial charge in [-0.05, 0) is 36.4 Å². The number of ether oxygens (including phenoxy) is 2. The fourth-order valence-electron chi connectivity index (χ4n) is 1.95. The van der Waals surface area contributed by atoms with Crippen LogP contribution in [0.15, 0.2) is 66.7 Å². The zero-order chi connectivity index (χ0) is 16.2. The van der Waals surface area contributed by atoms with Gasteiger partial charge in [0.25, 0.3) is 0 Å². The van der Waals surface area contributed by atoms with Crippen LogP contribution in [-0.4, -0.2) is 5.11 Å². The summed E-state index contributed by atoms with van der Waals surface area (Å²) in [7, 11) is 0. The van der Waals surface area contributed by atoms with Crippen LogP contribution in [0.4, 0.5) is 0 Å². The van der Waals surface area contributed by atoms with E-state index >= 15 is 0 Å². The van der Waals surface area contributed by atoms with Gasteiger partial charge in [-0.15, -0.1) is 0 Å². The first kappa shape index (κ1) is 15.5. The molecule has 0 aliphatic heterocycles. The smallest absolute Gasteiger partial charge is 0.169 e. The Hall–Kier alpha value is -2.36. The molecule has 116 valence electrons. The predicted molar refractivity (Wildman–Crippen MR) is 91.2 cm³/mol. The molecule has 0 saturated heterocycles. The van der Waals surface area contributed by atoms with Gasteiger partial charge in [-0.1, -0.05) is 47.5 Å². The van der Waals surface area contributed by atoms with Crippen molar-refractivity contribution in [2.24, 2.45) is 0 Å². The fraction of sp³-hybridized carbons (Fsp3) is 0. The Morgan fingerprint density at radius 1 is 0.652 bits per heavy atom. The van der Waals surface area contributed by atoms with Gasteiger partial charge in [0.2, 0.25) is 0 Å². The maximum absolute atomic E-state index is 10.1. The van der Waals surface area contributed by atoms with E-state index < -0.39 is 0 Å². The van der Waals surface area contributed by atoms with Crippen LogP contribution in [-0.2, 0) is 0 Å². The van der Waals surface area contributed by atoms with E-state index in [9.17, 15) is 5.11 Å². The SMILES string of the molecule is Oc1cc(Oc2ccccc2Cl)ccc1Oc1ccccc1Cl. The summed E-state index contributed by atoms with van der Waals surface area (Å²) in [5.41, 5.74) is 0. The third-order valence-corrected chi connectivity index (χ3v) is 3.68. The van der Waals surface area contributed by atoms with Gasteiger partial charge >= 0.3 is 0 Å². The van der Waals surface area contributed by atoms with Crippen LogP contribution in [0.25, 0.3) is 0 Å². The van der Waals surface area contributed by atoms with E-state index in [4.69, 9.17) is 32.7 Å². The molecule has 3 nitrogen and oxygen atoms in total. The van der Waals surface area contributed by atoms with Crippen molar-refractivity contribution in [3.8, 4) is 28.7 Å². The van der Waals surface area contributed by atoms with E-state index in [1.807, 2.05) is 12.1 Å². The minimum atomic E-state index is -0.0607. The Morgan fingerprint density at radius 2 is 1.22 bits per heavy atom. The van der Waals surface area contributed by atoms with E-state index in [0.717, 1.165) is 0 Å². The molecule has 0 atom stereocenters. The first-order valence-electron chi connectivity index (χ1n) is 6.81. The Kier molecular flexibility index (Phi) is 4.60. The second kappa shape index (κ2) is 6.82. The molecule has 0 aliphatic rings. The summed E-state index contributed by atoms with van der Waals surface area (Å²) in [4.78, 5) is 0. The number of rotatable bonds is 4. The molecule has 5 heteroatoms. The molecule has 0 aromatic heterocycles. The van der Waals surface area contributed by atoms with E-state index in [-0.39, 0.29) is 11.5 Å². The van der Waals surface area contributed by atoms with Gasteiger partial charge in [0, 0.05) is 6.07 Å². The highest BCUT2D eigenvalue weighted by Crippen LogP contribution is 2.38. The number of hydrogen-bond donors (Lipinski definition) is 1. The fourth-order valence-corrected chi connectivity index (χ4v) is 2.30. The van der Waals surface area contributed by atoms with Crippen molar-refractivity contribution in [1.29, 1.82) is 0 Å². The Morgan fingerprint density at radius 3 is 1.78 bits per heavy atom. The summed E-state index contributed by atoms with van der Waals surface area (Å²) in [6.07, 6.45) is 0. The number of phenolic OH excluding ortho intramolecular Hbond substituents is 1. The summed E-state index contributed by atoms with van der Waals surface area (Å²) in [6.45, 7) is 0. The van der Waals surface area contributed by atoms with Crippen LogP contribution in [0.2, 0.25) is 10.0 Å². The summed E-state index contributed by atoms with van der Waals surface area (Å²) in [5, 5.41) is 11.1. The first-order chi connectivity index (χ1) is 11.1. The third kappa shape index (κ3) is 3.70. The van der Waals surface area contributed by atoms with Crippen LogP contribution in [0.5, 0.6) is 28.7 Å². The molecule has 0 bridgehead atoms. The lowest BCUT2D eigenvalue weighted by molar-refractivity contribution is 0.405. The van der Waals surface area contributed by atoms with E-state index in [1.54, 1.807) is 48.5 Å². The van der Waals surface area contributed by atoms with Crippen LogP contribution in [0, 0.1) is 0 Å². The van der Waals surface area contributed by atoms with Gasteiger partial charge in [-0.2, -0.15) is 0 Å². The van der Waals surface area contributed by atoms with Crippen LogP contribution in [0.3, 0.4) is 0 Å². The van der Waals surface area contributed by atoms with E-state index in [2.05, 4.69) is 0 Å². The van der Waals surface area contributed by atoms with Crippen molar-refractivity contribution in [2.75, 3.05) is 0 Å². The zero-order valence-corrected chi connectivity index (χ0v) is 13.4. The third-order valence-electron chi connectivity index (χ3n) is 3.05. The van der Waals surface area contributed by atoms with Gasteiger partial charge in [0.1, 0.15) is 17.2 Å². The molecule has 23 heavy (non-hydrogen) atoms. The minimum Gasteiger partial charge on any atom is -0.504 e. The number of halogens is 2. The quantitative estimate of drug-likeness (QED) is 0.603. The van der Waals surface area contributed by atoms with Crippen molar-refractivity contribution >= 4 is 23.2 Å². The molecule has 0 unspecified atom stereocenters. The lowest BCUT2D eigenvalue weighted by Crippen LogP contribution is -1.88. The lowest BCUT2D eigenvalue weighted by Gasteiger charge is -2.11. The number of benzene rings is 3. The molecule has 3 aromatic carbocycles. The Balaban J connectivity index is 1.81. The highest BCUT2D eigenvalue weighted by molar-refractivity contribution is 6.32. The Bertz CT molecular complexity index is 834. The molecule has 0 saturated carbocycles. The highest BCUT2D eigenvalue weighted by atomic mass is 35.5. The maximum Gasteiger partial charge on any atom is 0.169 e. The minimum absolute atomic E-state index is 0.0607. The van der Waals surface area contributed by atoms with Crippen molar-refractivity contribution in [3.05, 3.63) is 76.8 Å². The van der Waals surface area contributed by atoms with Gasteiger partial charge < -0.3 is 14.6 Å². The molecule has 1 N–H and O–H groups in total. The molecule has 3 rings (SSSR count). The van der Waals surface area contributed by atoms with Gasteiger partial charge in [-0.3, -0.25) is 0 Å². The molecular weight excluding hydrogens is 335 g/mol.